The van der Waals surface area contributed by atoms with Crippen molar-refractivity contribution in [3.63, 3.8) is 0 Å². The lowest BCUT2D eigenvalue weighted by molar-refractivity contribution is 0.0468. The van der Waals surface area contributed by atoms with Crippen LogP contribution in [-0.4, -0.2) is 23.5 Å². The van der Waals surface area contributed by atoms with Crippen molar-refractivity contribution in [3.05, 3.63) is 82.9 Å². The van der Waals surface area contributed by atoms with Crippen molar-refractivity contribution in [3.8, 4) is 5.75 Å². The molecule has 4 rings (SSSR count). The van der Waals surface area contributed by atoms with E-state index >= 15 is 0 Å². The zero-order valence-electron chi connectivity index (χ0n) is 16.5. The highest BCUT2D eigenvalue weighted by molar-refractivity contribution is 6.00. The van der Waals surface area contributed by atoms with E-state index < -0.39 is 18.4 Å². The van der Waals surface area contributed by atoms with Gasteiger partial charge < -0.3 is 18.4 Å². The van der Waals surface area contributed by atoms with Gasteiger partial charge in [-0.2, -0.15) is 0 Å². The summed E-state index contributed by atoms with van der Waals surface area (Å²) in [5.41, 5.74) is 2.60. The van der Waals surface area contributed by atoms with E-state index in [0.29, 0.717) is 29.3 Å². The van der Waals surface area contributed by atoms with Gasteiger partial charge in [-0.3, -0.25) is 4.79 Å². The van der Waals surface area contributed by atoms with Crippen molar-refractivity contribution >= 4 is 22.7 Å². The molecule has 0 aliphatic rings. The number of para-hydroxylation sites is 1. The van der Waals surface area contributed by atoms with E-state index in [2.05, 4.69) is 5.16 Å². The minimum absolute atomic E-state index is 0.159. The predicted octanol–water partition coefficient (Wildman–Crippen LogP) is 4.66. The summed E-state index contributed by atoms with van der Waals surface area (Å²) in [5.74, 6) is 0.453. The lowest BCUT2D eigenvalue weighted by Gasteiger charge is -2.07. The second-order valence-electron chi connectivity index (χ2n) is 6.76. The molecule has 0 saturated carbocycles. The van der Waals surface area contributed by atoms with Crippen LogP contribution in [0, 0.1) is 13.8 Å². The molecule has 0 saturated heterocycles. The van der Waals surface area contributed by atoms with Crippen LogP contribution in [0.15, 0.2) is 63.5 Å². The fourth-order valence-corrected chi connectivity index (χ4v) is 2.96. The van der Waals surface area contributed by atoms with E-state index in [1.54, 1.807) is 36.4 Å². The lowest BCUT2D eigenvalue weighted by atomic mass is 10.2. The highest BCUT2D eigenvalue weighted by Gasteiger charge is 2.16. The number of rotatable bonds is 7. The molecule has 0 aliphatic heterocycles. The van der Waals surface area contributed by atoms with E-state index in [9.17, 15) is 9.59 Å². The zero-order chi connectivity index (χ0) is 21.1. The third-order valence-corrected chi connectivity index (χ3v) is 4.69. The molecule has 7 nitrogen and oxygen atoms in total. The SMILES string of the molecule is Cc1noc(C)c1COc1ccc(C(=O)OCC(=O)c2cc3ccccc3o2)cc1. The van der Waals surface area contributed by atoms with Gasteiger partial charge in [0.25, 0.3) is 0 Å². The van der Waals surface area contributed by atoms with Gasteiger partial charge in [0.15, 0.2) is 12.4 Å². The minimum Gasteiger partial charge on any atom is -0.489 e. The molecule has 2 aromatic heterocycles. The first kappa shape index (κ1) is 19.4. The average molecular weight is 405 g/mol. The summed E-state index contributed by atoms with van der Waals surface area (Å²) in [6.45, 7) is 3.59. The highest BCUT2D eigenvalue weighted by atomic mass is 16.5. The van der Waals surface area contributed by atoms with Crippen LogP contribution in [-0.2, 0) is 11.3 Å². The van der Waals surface area contributed by atoms with Crippen LogP contribution < -0.4 is 4.74 Å². The summed E-state index contributed by atoms with van der Waals surface area (Å²) >= 11 is 0. The molecule has 0 aliphatic carbocycles. The lowest BCUT2D eigenvalue weighted by Crippen LogP contribution is -2.13. The maximum atomic E-state index is 12.3. The molecule has 30 heavy (non-hydrogen) atoms. The minimum atomic E-state index is -0.600. The number of esters is 1. The quantitative estimate of drug-likeness (QED) is 0.326. The molecule has 2 aromatic carbocycles. The normalized spacial score (nSPS) is 10.9. The Hall–Kier alpha value is -3.87. The third-order valence-electron chi connectivity index (χ3n) is 4.69. The van der Waals surface area contributed by atoms with Crippen LogP contribution in [0.5, 0.6) is 5.75 Å². The first-order valence-corrected chi connectivity index (χ1v) is 9.35. The van der Waals surface area contributed by atoms with Crippen LogP contribution in [0.25, 0.3) is 11.0 Å². The standard InChI is InChI=1S/C23H19NO6/c1-14-19(15(2)30-24-14)12-27-18-9-7-16(8-10-18)23(26)28-13-20(25)22-11-17-5-3-4-6-21(17)29-22/h3-11H,12-13H2,1-2H3. The fourth-order valence-electron chi connectivity index (χ4n) is 2.96. The number of ketones is 1. The second-order valence-corrected chi connectivity index (χ2v) is 6.76. The van der Waals surface area contributed by atoms with E-state index in [1.165, 1.54) is 0 Å². The first-order chi connectivity index (χ1) is 14.5. The van der Waals surface area contributed by atoms with Crippen LogP contribution in [0.1, 0.15) is 37.9 Å². The Morgan fingerprint density at radius 3 is 2.50 bits per heavy atom. The second kappa shape index (κ2) is 8.24. The van der Waals surface area contributed by atoms with Gasteiger partial charge in [-0.05, 0) is 50.2 Å². The number of ether oxygens (including phenoxy) is 2. The van der Waals surface area contributed by atoms with Crippen LogP contribution >= 0.6 is 0 Å². The number of fused-ring (bicyclic) bond motifs is 1. The molecular formula is C23H19NO6. The van der Waals surface area contributed by atoms with E-state index in [-0.39, 0.29) is 5.76 Å². The highest BCUT2D eigenvalue weighted by Crippen LogP contribution is 2.20. The number of nitrogens with zero attached hydrogens (tertiary/aromatic N) is 1. The molecule has 152 valence electrons. The molecule has 4 aromatic rings. The largest absolute Gasteiger partial charge is 0.489 e. The molecule has 0 atom stereocenters. The Kier molecular flexibility index (Phi) is 5.34. The Balaban J connectivity index is 1.32. The molecule has 0 spiro atoms. The summed E-state index contributed by atoms with van der Waals surface area (Å²) in [6, 6.07) is 15.4. The van der Waals surface area contributed by atoms with Crippen molar-refractivity contribution in [2.24, 2.45) is 0 Å². The number of Topliss-reactive ketones (excluding diaryl/α,β-unsaturated/α-hetero) is 1. The van der Waals surface area contributed by atoms with Crippen molar-refractivity contribution in [1.29, 1.82) is 0 Å². The van der Waals surface area contributed by atoms with Gasteiger partial charge in [-0.15, -0.1) is 0 Å². The van der Waals surface area contributed by atoms with Gasteiger partial charge in [0, 0.05) is 5.39 Å². The van der Waals surface area contributed by atoms with E-state index in [4.69, 9.17) is 18.4 Å². The third kappa shape index (κ3) is 4.10. The van der Waals surface area contributed by atoms with Crippen LogP contribution in [0.3, 0.4) is 0 Å². The van der Waals surface area contributed by atoms with Gasteiger partial charge in [0.05, 0.1) is 16.8 Å². The number of hydrogen-bond acceptors (Lipinski definition) is 7. The molecule has 0 fully saturated rings. The number of aryl methyl sites for hydroxylation is 2. The van der Waals surface area contributed by atoms with E-state index in [1.807, 2.05) is 32.0 Å². The van der Waals surface area contributed by atoms with Gasteiger partial charge >= 0.3 is 5.97 Å². The van der Waals surface area contributed by atoms with Crippen LogP contribution in [0.4, 0.5) is 0 Å². The van der Waals surface area contributed by atoms with Crippen molar-refractivity contribution in [2.45, 2.75) is 20.5 Å². The number of carbonyl (C=O) groups excluding carboxylic acids is 2. The Bertz CT molecular complexity index is 1150. The molecule has 0 amide bonds. The number of carbonyl (C=O) groups is 2. The molecule has 2 heterocycles. The predicted molar refractivity (Wildman–Crippen MR) is 108 cm³/mol. The Labute approximate surface area is 172 Å². The van der Waals surface area contributed by atoms with Gasteiger partial charge in [-0.25, -0.2) is 4.79 Å². The summed E-state index contributed by atoms with van der Waals surface area (Å²) in [6.07, 6.45) is 0. The van der Waals surface area contributed by atoms with Gasteiger partial charge in [0.1, 0.15) is 23.7 Å². The monoisotopic (exact) mass is 405 g/mol. The molecule has 7 heteroatoms. The smallest absolute Gasteiger partial charge is 0.338 e. The summed E-state index contributed by atoms with van der Waals surface area (Å²) in [5, 5.41) is 4.70. The van der Waals surface area contributed by atoms with E-state index in [0.717, 1.165) is 16.6 Å². The molecular weight excluding hydrogens is 386 g/mol. The Morgan fingerprint density at radius 1 is 1.03 bits per heavy atom. The number of aromatic nitrogens is 1. The first-order valence-electron chi connectivity index (χ1n) is 9.35. The van der Waals surface area contributed by atoms with Gasteiger partial charge in [0.2, 0.25) is 5.78 Å². The maximum absolute atomic E-state index is 12.3. The van der Waals surface area contributed by atoms with Crippen LogP contribution in [0.2, 0.25) is 0 Å². The summed E-state index contributed by atoms with van der Waals surface area (Å²) < 4.78 is 21.4. The zero-order valence-corrected chi connectivity index (χ0v) is 16.5. The van der Waals surface area contributed by atoms with Crippen molar-refractivity contribution in [1.82, 2.24) is 5.16 Å². The van der Waals surface area contributed by atoms with Crippen molar-refractivity contribution < 1.29 is 28.0 Å². The van der Waals surface area contributed by atoms with Crippen molar-refractivity contribution in [2.75, 3.05) is 6.61 Å². The average Bonchev–Trinajstić information content (AvgIpc) is 3.34. The van der Waals surface area contributed by atoms with Gasteiger partial charge in [-0.1, -0.05) is 23.4 Å². The summed E-state index contributed by atoms with van der Waals surface area (Å²) in [7, 11) is 0. The summed E-state index contributed by atoms with van der Waals surface area (Å²) in [4.78, 5) is 24.5. The molecule has 0 unspecified atom stereocenters. The molecule has 0 radical (unpaired) electrons. The molecule has 0 N–H and O–H groups in total. The Morgan fingerprint density at radius 2 is 1.80 bits per heavy atom. The topological polar surface area (TPSA) is 91.8 Å². The fraction of sp³-hybridized carbons (Fsp3) is 0.174. The number of benzene rings is 2. The number of furan rings is 1. The maximum Gasteiger partial charge on any atom is 0.338 e. The number of hydrogen-bond donors (Lipinski definition) is 0. The molecule has 0 bridgehead atoms.